The first-order valence-corrected chi connectivity index (χ1v) is 12.4. The quantitative estimate of drug-likeness (QED) is 0.427. The summed E-state index contributed by atoms with van der Waals surface area (Å²) in [6, 6.07) is 8.12. The van der Waals surface area contributed by atoms with Crippen LogP contribution < -0.4 is 5.32 Å². The van der Waals surface area contributed by atoms with Gasteiger partial charge in [-0.2, -0.15) is 0 Å². The number of urea groups is 1. The van der Waals surface area contributed by atoms with Crippen LogP contribution in [0, 0.1) is 0 Å². The molecule has 1 heterocycles. The fraction of sp³-hybridized carbons (Fsp3) is 0.500. The van der Waals surface area contributed by atoms with Crippen LogP contribution in [0.2, 0.25) is 0 Å². The zero-order valence-electron chi connectivity index (χ0n) is 19.0. The second kappa shape index (κ2) is 14.3. The lowest BCUT2D eigenvalue weighted by molar-refractivity contribution is -0.134. The predicted molar refractivity (Wildman–Crippen MR) is 124 cm³/mol. The molecule has 2 amide bonds. The standard InChI is InChI=1S/C18H29N3O3S.C4H4O4/c1-16(2)21(18(22)19-10-13-20-11-6-7-12-20)14-15-25(23,24)17-8-4-3-5-9-17;5-3(6)1-2-4(7)8/h3-5,8-9,16H,6-7,10-15H2,1-2H3,(H,19,22);1-2H,(H,5,6)(H,7,8). The number of rotatable bonds is 10. The van der Waals surface area contributed by atoms with Gasteiger partial charge in [0.1, 0.15) is 0 Å². The van der Waals surface area contributed by atoms with E-state index in [9.17, 15) is 22.8 Å². The van der Waals surface area contributed by atoms with Gasteiger partial charge in [-0.15, -0.1) is 0 Å². The summed E-state index contributed by atoms with van der Waals surface area (Å²) in [5, 5.41) is 18.5. The summed E-state index contributed by atoms with van der Waals surface area (Å²) in [6.07, 6.45) is 3.57. The zero-order valence-corrected chi connectivity index (χ0v) is 19.8. The van der Waals surface area contributed by atoms with Gasteiger partial charge in [-0.3, -0.25) is 0 Å². The van der Waals surface area contributed by atoms with Crippen LogP contribution in [0.4, 0.5) is 4.79 Å². The number of aliphatic carboxylic acids is 2. The summed E-state index contributed by atoms with van der Waals surface area (Å²) in [7, 11) is -3.39. The van der Waals surface area contributed by atoms with Gasteiger partial charge < -0.3 is 25.3 Å². The molecule has 1 aliphatic heterocycles. The van der Waals surface area contributed by atoms with Gasteiger partial charge in [-0.25, -0.2) is 22.8 Å². The average Bonchev–Trinajstić information content (AvgIpc) is 3.27. The van der Waals surface area contributed by atoms with E-state index in [0.29, 0.717) is 23.6 Å². The minimum atomic E-state index is -3.39. The Hall–Kier alpha value is -2.92. The summed E-state index contributed by atoms with van der Waals surface area (Å²) in [4.78, 5) is 35.7. The summed E-state index contributed by atoms with van der Waals surface area (Å²) < 4.78 is 24.8. The molecule has 0 radical (unpaired) electrons. The molecule has 1 aliphatic rings. The van der Waals surface area contributed by atoms with Crippen LogP contribution in [0.15, 0.2) is 47.4 Å². The molecule has 11 heteroatoms. The van der Waals surface area contributed by atoms with Crippen LogP contribution in [0.1, 0.15) is 26.7 Å². The Balaban J connectivity index is 0.000000582. The van der Waals surface area contributed by atoms with Crippen molar-refractivity contribution in [3.8, 4) is 0 Å². The second-order valence-corrected chi connectivity index (χ2v) is 9.82. The van der Waals surface area contributed by atoms with E-state index in [1.807, 2.05) is 13.8 Å². The van der Waals surface area contributed by atoms with Crippen molar-refractivity contribution in [2.24, 2.45) is 0 Å². The lowest BCUT2D eigenvalue weighted by Gasteiger charge is -2.27. The first-order chi connectivity index (χ1) is 15.5. The highest BCUT2D eigenvalue weighted by Gasteiger charge is 2.21. The van der Waals surface area contributed by atoms with Gasteiger partial charge in [0, 0.05) is 37.8 Å². The van der Waals surface area contributed by atoms with Gasteiger partial charge in [-0.1, -0.05) is 18.2 Å². The number of hydrogen-bond acceptors (Lipinski definition) is 6. The summed E-state index contributed by atoms with van der Waals surface area (Å²) in [6.45, 7) is 7.61. The van der Waals surface area contributed by atoms with Crippen LogP contribution in [-0.4, -0.2) is 90.9 Å². The maximum atomic E-state index is 12.4. The summed E-state index contributed by atoms with van der Waals surface area (Å²) in [5.41, 5.74) is 0. The number of sulfone groups is 1. The van der Waals surface area contributed by atoms with Crippen molar-refractivity contribution in [3.05, 3.63) is 42.5 Å². The van der Waals surface area contributed by atoms with E-state index >= 15 is 0 Å². The molecule has 184 valence electrons. The van der Waals surface area contributed by atoms with E-state index in [1.54, 1.807) is 35.2 Å². The minimum Gasteiger partial charge on any atom is -0.478 e. The van der Waals surface area contributed by atoms with E-state index in [1.165, 1.54) is 12.8 Å². The predicted octanol–water partition coefficient (Wildman–Crippen LogP) is 1.69. The lowest BCUT2D eigenvalue weighted by atomic mass is 10.3. The number of carboxylic acid groups (broad SMARTS) is 2. The van der Waals surface area contributed by atoms with Crippen molar-refractivity contribution in [2.45, 2.75) is 37.6 Å². The first-order valence-electron chi connectivity index (χ1n) is 10.7. The molecule has 0 bridgehead atoms. The first kappa shape index (κ1) is 28.1. The Bertz CT molecular complexity index is 880. The third kappa shape index (κ3) is 11.5. The second-order valence-electron chi connectivity index (χ2n) is 7.71. The van der Waals surface area contributed by atoms with E-state index in [2.05, 4.69) is 10.2 Å². The van der Waals surface area contributed by atoms with Gasteiger partial charge in [-0.05, 0) is 51.9 Å². The molecule has 2 rings (SSSR count). The Morgan fingerprint density at radius 2 is 1.61 bits per heavy atom. The van der Waals surface area contributed by atoms with Crippen molar-refractivity contribution in [2.75, 3.05) is 38.5 Å². The van der Waals surface area contributed by atoms with E-state index in [4.69, 9.17) is 10.2 Å². The van der Waals surface area contributed by atoms with E-state index in [0.717, 1.165) is 19.6 Å². The van der Waals surface area contributed by atoms with E-state index < -0.39 is 21.8 Å². The number of nitrogens with zero attached hydrogens (tertiary/aromatic N) is 2. The Morgan fingerprint density at radius 1 is 1.06 bits per heavy atom. The number of likely N-dealkylation sites (tertiary alicyclic amines) is 1. The van der Waals surface area contributed by atoms with Crippen LogP contribution in [0.25, 0.3) is 0 Å². The minimum absolute atomic E-state index is 0.0576. The maximum Gasteiger partial charge on any atom is 0.328 e. The molecule has 0 unspecified atom stereocenters. The van der Waals surface area contributed by atoms with Crippen molar-refractivity contribution < 1.29 is 33.0 Å². The number of carbonyl (C=O) groups is 3. The molecular weight excluding hydrogens is 450 g/mol. The van der Waals surface area contributed by atoms with Gasteiger partial charge in [0.25, 0.3) is 0 Å². The molecule has 3 N–H and O–H groups in total. The van der Waals surface area contributed by atoms with Crippen LogP contribution in [0.3, 0.4) is 0 Å². The normalized spacial score (nSPS) is 14.0. The Kier molecular flexibility index (Phi) is 12.2. The van der Waals surface area contributed by atoms with Crippen molar-refractivity contribution >= 4 is 27.8 Å². The van der Waals surface area contributed by atoms with Gasteiger partial charge >= 0.3 is 18.0 Å². The highest BCUT2D eigenvalue weighted by molar-refractivity contribution is 7.91. The highest BCUT2D eigenvalue weighted by atomic mass is 32.2. The molecular formula is C22H33N3O7S. The molecule has 1 fully saturated rings. The van der Waals surface area contributed by atoms with Crippen LogP contribution in [-0.2, 0) is 19.4 Å². The topological polar surface area (TPSA) is 144 Å². The molecule has 1 aromatic carbocycles. The summed E-state index contributed by atoms with van der Waals surface area (Å²) >= 11 is 0. The number of amides is 2. The molecule has 10 nitrogen and oxygen atoms in total. The lowest BCUT2D eigenvalue weighted by Crippen LogP contribution is -2.47. The Labute approximate surface area is 194 Å². The maximum absolute atomic E-state index is 12.4. The smallest absolute Gasteiger partial charge is 0.328 e. The molecule has 1 aromatic rings. The third-order valence-electron chi connectivity index (χ3n) is 4.86. The molecule has 0 saturated carbocycles. The number of nitrogens with one attached hydrogen (secondary N) is 1. The van der Waals surface area contributed by atoms with Crippen molar-refractivity contribution in [3.63, 3.8) is 0 Å². The number of carboxylic acids is 2. The Morgan fingerprint density at radius 3 is 2.09 bits per heavy atom. The number of benzene rings is 1. The van der Waals surface area contributed by atoms with Gasteiger partial charge in [0.05, 0.1) is 10.6 Å². The monoisotopic (exact) mass is 483 g/mol. The molecule has 0 spiro atoms. The average molecular weight is 484 g/mol. The molecule has 1 saturated heterocycles. The molecule has 33 heavy (non-hydrogen) atoms. The highest BCUT2D eigenvalue weighted by Crippen LogP contribution is 2.11. The van der Waals surface area contributed by atoms with Crippen LogP contribution in [0.5, 0.6) is 0 Å². The SMILES string of the molecule is CC(C)N(CCS(=O)(=O)c1ccccc1)C(=O)NCCN1CCCC1.O=C(O)C=CC(=O)O. The fourth-order valence-corrected chi connectivity index (χ4v) is 4.37. The molecule has 0 atom stereocenters. The largest absolute Gasteiger partial charge is 0.478 e. The fourth-order valence-electron chi connectivity index (χ4n) is 3.13. The zero-order chi connectivity index (χ0) is 24.9. The number of carbonyl (C=O) groups excluding carboxylic acids is 1. The molecule has 0 aromatic heterocycles. The van der Waals surface area contributed by atoms with E-state index in [-0.39, 0.29) is 24.4 Å². The number of hydrogen-bond donors (Lipinski definition) is 3. The van der Waals surface area contributed by atoms with Crippen molar-refractivity contribution in [1.82, 2.24) is 15.1 Å². The summed E-state index contributed by atoms with van der Waals surface area (Å²) in [5.74, 6) is -2.59. The van der Waals surface area contributed by atoms with Crippen molar-refractivity contribution in [1.29, 1.82) is 0 Å². The van der Waals surface area contributed by atoms with Crippen LogP contribution >= 0.6 is 0 Å². The third-order valence-corrected chi connectivity index (χ3v) is 6.57. The molecule has 0 aliphatic carbocycles. The van der Waals surface area contributed by atoms with Gasteiger partial charge in [0.2, 0.25) is 0 Å². The van der Waals surface area contributed by atoms with Gasteiger partial charge in [0.15, 0.2) is 9.84 Å².